The van der Waals surface area contributed by atoms with Crippen LogP contribution in [0.2, 0.25) is 0 Å². The zero-order chi connectivity index (χ0) is 14.0. The molecule has 1 heterocycles. The number of amides is 1. The van der Waals surface area contributed by atoms with Crippen LogP contribution in [0.25, 0.3) is 0 Å². The molecule has 5 nitrogen and oxygen atoms in total. The van der Waals surface area contributed by atoms with E-state index in [4.69, 9.17) is 5.11 Å². The maximum absolute atomic E-state index is 12.0. The molecule has 0 saturated carbocycles. The normalized spacial score (nSPS) is 15.2. The Bertz CT molecular complexity index is 513. The number of hydrogen-bond acceptors (Lipinski definition) is 3. The van der Waals surface area contributed by atoms with E-state index < -0.39 is 5.97 Å². The van der Waals surface area contributed by atoms with Crippen molar-refractivity contribution in [3.8, 4) is 0 Å². The van der Waals surface area contributed by atoms with Crippen LogP contribution >= 0.6 is 0 Å². The average molecular weight is 262 g/mol. The van der Waals surface area contributed by atoms with Crippen LogP contribution in [0.5, 0.6) is 0 Å². The Morgan fingerprint density at radius 3 is 2.79 bits per heavy atom. The Morgan fingerprint density at radius 1 is 1.37 bits per heavy atom. The van der Waals surface area contributed by atoms with E-state index in [0.717, 1.165) is 16.9 Å². The van der Waals surface area contributed by atoms with Gasteiger partial charge in [0.05, 0.1) is 17.8 Å². The van der Waals surface area contributed by atoms with Crippen molar-refractivity contribution in [3.63, 3.8) is 0 Å². The van der Waals surface area contributed by atoms with E-state index in [0.29, 0.717) is 19.5 Å². The summed E-state index contributed by atoms with van der Waals surface area (Å²) in [5, 5.41) is 8.81. The van der Waals surface area contributed by atoms with Gasteiger partial charge < -0.3 is 14.9 Å². The quantitative estimate of drug-likeness (QED) is 0.899. The third-order valence-corrected chi connectivity index (χ3v) is 3.40. The lowest BCUT2D eigenvalue weighted by Gasteiger charge is -2.25. The van der Waals surface area contributed by atoms with Crippen molar-refractivity contribution >= 4 is 23.3 Å². The molecule has 102 valence electrons. The van der Waals surface area contributed by atoms with E-state index in [9.17, 15) is 9.59 Å². The first kappa shape index (κ1) is 13.4. The minimum atomic E-state index is -0.822. The number of aliphatic carboxylic acids is 1. The monoisotopic (exact) mass is 262 g/mol. The van der Waals surface area contributed by atoms with E-state index in [1.165, 1.54) is 0 Å². The lowest BCUT2D eigenvalue weighted by molar-refractivity contribution is -0.136. The van der Waals surface area contributed by atoms with E-state index in [1.54, 1.807) is 11.9 Å². The minimum Gasteiger partial charge on any atom is -0.481 e. The van der Waals surface area contributed by atoms with Gasteiger partial charge in [0.1, 0.15) is 0 Å². The SMILES string of the molecule is Cc1ccc2c(c1)N(C)C(=O)CCN2CCC(=O)O. The van der Waals surface area contributed by atoms with Crippen LogP contribution in [0.1, 0.15) is 18.4 Å². The van der Waals surface area contributed by atoms with Crippen molar-refractivity contribution in [1.82, 2.24) is 0 Å². The van der Waals surface area contributed by atoms with Crippen LogP contribution in [-0.4, -0.2) is 37.1 Å². The molecule has 0 bridgehead atoms. The van der Waals surface area contributed by atoms with E-state index in [1.807, 2.05) is 30.0 Å². The number of carboxylic acid groups (broad SMARTS) is 1. The number of carboxylic acids is 1. The van der Waals surface area contributed by atoms with Crippen LogP contribution in [0.3, 0.4) is 0 Å². The molecule has 1 aromatic rings. The van der Waals surface area contributed by atoms with Gasteiger partial charge >= 0.3 is 5.97 Å². The zero-order valence-corrected chi connectivity index (χ0v) is 11.2. The molecule has 1 aromatic carbocycles. The Hall–Kier alpha value is -2.04. The first-order valence-electron chi connectivity index (χ1n) is 6.33. The molecule has 0 unspecified atom stereocenters. The first-order chi connectivity index (χ1) is 8.99. The smallest absolute Gasteiger partial charge is 0.305 e. The highest BCUT2D eigenvalue weighted by atomic mass is 16.4. The molecule has 0 aromatic heterocycles. The molecule has 0 atom stereocenters. The van der Waals surface area contributed by atoms with Gasteiger partial charge in [0.15, 0.2) is 0 Å². The summed E-state index contributed by atoms with van der Waals surface area (Å²) in [4.78, 5) is 26.3. The third kappa shape index (κ3) is 2.86. The number of benzene rings is 1. The van der Waals surface area contributed by atoms with Crippen LogP contribution < -0.4 is 9.80 Å². The first-order valence-corrected chi connectivity index (χ1v) is 6.33. The van der Waals surface area contributed by atoms with Gasteiger partial charge in [-0.15, -0.1) is 0 Å². The van der Waals surface area contributed by atoms with Crippen molar-refractivity contribution in [1.29, 1.82) is 0 Å². The maximum atomic E-state index is 12.0. The van der Waals surface area contributed by atoms with Gasteiger partial charge in [-0.2, -0.15) is 0 Å². The summed E-state index contributed by atoms with van der Waals surface area (Å²) in [6.07, 6.45) is 0.481. The Morgan fingerprint density at radius 2 is 2.11 bits per heavy atom. The summed E-state index contributed by atoms with van der Waals surface area (Å²) < 4.78 is 0. The summed E-state index contributed by atoms with van der Waals surface area (Å²) in [5.74, 6) is -0.762. The molecule has 1 aliphatic heterocycles. The van der Waals surface area contributed by atoms with E-state index in [-0.39, 0.29) is 12.3 Å². The topological polar surface area (TPSA) is 60.9 Å². The van der Waals surface area contributed by atoms with Crippen LogP contribution in [0.4, 0.5) is 11.4 Å². The number of carbonyl (C=O) groups is 2. The van der Waals surface area contributed by atoms with Crippen LogP contribution in [-0.2, 0) is 9.59 Å². The Balaban J connectivity index is 2.35. The predicted molar refractivity (Wildman–Crippen MR) is 73.7 cm³/mol. The number of rotatable bonds is 3. The average Bonchev–Trinajstić information content (AvgIpc) is 2.47. The molecule has 2 rings (SSSR count). The zero-order valence-electron chi connectivity index (χ0n) is 11.2. The van der Waals surface area contributed by atoms with Gasteiger partial charge in [0, 0.05) is 26.6 Å². The second-order valence-corrected chi connectivity index (χ2v) is 4.83. The largest absolute Gasteiger partial charge is 0.481 e. The highest BCUT2D eigenvalue weighted by molar-refractivity contribution is 5.98. The molecule has 0 saturated heterocycles. The van der Waals surface area contributed by atoms with Crippen molar-refractivity contribution in [2.24, 2.45) is 0 Å². The van der Waals surface area contributed by atoms with Crippen LogP contribution in [0, 0.1) is 6.92 Å². The summed E-state index contributed by atoms with van der Waals surface area (Å²) in [6, 6.07) is 5.91. The second kappa shape index (κ2) is 5.30. The molecule has 1 aliphatic rings. The van der Waals surface area contributed by atoms with Crippen molar-refractivity contribution in [3.05, 3.63) is 23.8 Å². The van der Waals surface area contributed by atoms with Gasteiger partial charge in [-0.1, -0.05) is 6.07 Å². The van der Waals surface area contributed by atoms with Crippen molar-refractivity contribution < 1.29 is 14.7 Å². The van der Waals surface area contributed by atoms with E-state index in [2.05, 4.69) is 0 Å². The van der Waals surface area contributed by atoms with Gasteiger partial charge in [-0.25, -0.2) is 0 Å². The molecule has 0 spiro atoms. The maximum Gasteiger partial charge on any atom is 0.305 e. The number of aryl methyl sites for hydroxylation is 1. The number of nitrogens with zero attached hydrogens (tertiary/aromatic N) is 2. The molecule has 1 N–H and O–H groups in total. The lowest BCUT2D eigenvalue weighted by Crippen LogP contribution is -2.27. The minimum absolute atomic E-state index is 0.0599. The van der Waals surface area contributed by atoms with Crippen LogP contribution in [0.15, 0.2) is 18.2 Å². The van der Waals surface area contributed by atoms with Gasteiger partial charge in [-0.05, 0) is 24.6 Å². The highest BCUT2D eigenvalue weighted by Crippen LogP contribution is 2.32. The fourth-order valence-corrected chi connectivity index (χ4v) is 2.29. The molecule has 0 fully saturated rings. The van der Waals surface area contributed by atoms with Crippen molar-refractivity contribution in [2.75, 3.05) is 29.9 Å². The standard InChI is InChI=1S/C14H18N2O3/c1-10-3-4-11-12(9-10)15(2)13(17)5-7-16(11)8-6-14(18)19/h3-4,9H,5-8H2,1-2H3,(H,18,19). The second-order valence-electron chi connectivity index (χ2n) is 4.83. The number of hydrogen-bond donors (Lipinski definition) is 1. The van der Waals surface area contributed by atoms with Gasteiger partial charge in [0.25, 0.3) is 0 Å². The Kier molecular flexibility index (Phi) is 3.74. The molecule has 5 heteroatoms. The van der Waals surface area contributed by atoms with Crippen molar-refractivity contribution in [2.45, 2.75) is 19.8 Å². The number of fused-ring (bicyclic) bond motifs is 1. The molecule has 19 heavy (non-hydrogen) atoms. The molecule has 1 amide bonds. The fourth-order valence-electron chi connectivity index (χ4n) is 2.29. The molecular formula is C14H18N2O3. The Labute approximate surface area is 112 Å². The van der Waals surface area contributed by atoms with Gasteiger partial charge in [0.2, 0.25) is 5.91 Å². The lowest BCUT2D eigenvalue weighted by atomic mass is 10.1. The highest BCUT2D eigenvalue weighted by Gasteiger charge is 2.23. The summed E-state index contributed by atoms with van der Waals surface area (Å²) in [7, 11) is 1.77. The van der Waals surface area contributed by atoms with Gasteiger partial charge in [-0.3, -0.25) is 9.59 Å². The fraction of sp³-hybridized carbons (Fsp3) is 0.429. The molecular weight excluding hydrogens is 244 g/mol. The number of carbonyl (C=O) groups excluding carboxylic acids is 1. The predicted octanol–water partition coefficient (Wildman–Crippen LogP) is 1.64. The third-order valence-electron chi connectivity index (χ3n) is 3.40. The summed E-state index contributed by atoms with van der Waals surface area (Å²) in [5.41, 5.74) is 2.87. The summed E-state index contributed by atoms with van der Waals surface area (Å²) in [6.45, 7) is 2.96. The molecule has 0 aliphatic carbocycles. The number of anilines is 2. The molecule has 0 radical (unpaired) electrons. The van der Waals surface area contributed by atoms with E-state index >= 15 is 0 Å². The summed E-state index contributed by atoms with van der Waals surface area (Å²) >= 11 is 0.